The second kappa shape index (κ2) is 13.1. The number of alkyl halides is 6. The van der Waals surface area contributed by atoms with Crippen molar-refractivity contribution in [2.45, 2.75) is 63.8 Å². The number of aromatic nitrogens is 2. The molecule has 2 aliphatic heterocycles. The molecule has 218 valence electrons. The molecule has 0 radical (unpaired) electrons. The first-order valence-corrected chi connectivity index (χ1v) is 11.2. The van der Waals surface area contributed by atoms with E-state index < -0.39 is 30.1 Å². The molecule has 17 heteroatoms. The zero-order chi connectivity index (χ0) is 29.5. The number of hydrogen-bond acceptors (Lipinski definition) is 8. The zero-order valence-electron chi connectivity index (χ0n) is 20.4. The Labute approximate surface area is 216 Å². The maximum atomic E-state index is 13.9. The van der Waals surface area contributed by atoms with Gasteiger partial charge in [0.15, 0.2) is 5.82 Å². The van der Waals surface area contributed by atoms with Crippen molar-refractivity contribution in [3.63, 3.8) is 0 Å². The van der Waals surface area contributed by atoms with Crippen LogP contribution in [0.3, 0.4) is 0 Å². The summed E-state index contributed by atoms with van der Waals surface area (Å²) >= 11 is 0. The van der Waals surface area contributed by atoms with Crippen LogP contribution in [0.4, 0.5) is 30.7 Å². The highest BCUT2D eigenvalue weighted by Gasteiger charge is 2.46. The lowest BCUT2D eigenvalue weighted by Crippen LogP contribution is -2.42. The lowest BCUT2D eigenvalue weighted by Gasteiger charge is -2.32. The maximum Gasteiger partial charge on any atom is 0.490 e. The number of fused-ring (bicyclic) bond motifs is 1. The Bertz CT molecular complexity index is 1080. The Morgan fingerprint density at radius 3 is 2.21 bits per heavy atom. The average Bonchev–Trinajstić information content (AvgIpc) is 3.35. The first-order valence-electron chi connectivity index (χ1n) is 11.2. The molecule has 0 aliphatic carbocycles. The van der Waals surface area contributed by atoms with Crippen molar-refractivity contribution in [1.29, 1.82) is 0 Å². The lowest BCUT2D eigenvalue weighted by molar-refractivity contribution is -0.193. The van der Waals surface area contributed by atoms with E-state index in [-0.39, 0.29) is 24.1 Å². The summed E-state index contributed by atoms with van der Waals surface area (Å²) in [4.78, 5) is 24.1. The van der Waals surface area contributed by atoms with Gasteiger partial charge < -0.3 is 24.2 Å². The van der Waals surface area contributed by atoms with Crippen LogP contribution in [0.25, 0.3) is 0 Å². The maximum absolute atomic E-state index is 13.9. The Morgan fingerprint density at radius 1 is 1.13 bits per heavy atom. The fraction of sp³-hybridized carbons (Fsp3) is 0.545. The molecule has 4 heterocycles. The number of carboxylic acids is 2. The summed E-state index contributed by atoms with van der Waals surface area (Å²) in [5, 5.41) is 18.3. The summed E-state index contributed by atoms with van der Waals surface area (Å²) in [5.41, 5.74) is 2.01. The van der Waals surface area contributed by atoms with Crippen LogP contribution in [-0.2, 0) is 20.9 Å². The number of nitrogens with zero attached hydrogens (tertiary/aromatic N) is 3. The molecule has 2 saturated heterocycles. The normalized spacial score (nSPS) is 21.1. The molecule has 2 N–H and O–H groups in total. The third-order valence-corrected chi connectivity index (χ3v) is 5.60. The third-order valence-electron chi connectivity index (χ3n) is 5.60. The number of aryl methyl sites for hydroxylation is 2. The number of aliphatic carboxylic acids is 2. The van der Waals surface area contributed by atoms with Crippen molar-refractivity contribution in [2.75, 3.05) is 13.2 Å². The van der Waals surface area contributed by atoms with Gasteiger partial charge in [0.25, 0.3) is 5.88 Å². The van der Waals surface area contributed by atoms with Gasteiger partial charge in [-0.1, -0.05) is 5.16 Å². The monoisotopic (exact) mass is 575 g/mol. The van der Waals surface area contributed by atoms with Gasteiger partial charge >= 0.3 is 24.3 Å². The molecule has 2 aromatic rings. The lowest BCUT2D eigenvalue weighted by atomic mass is 10.0. The number of pyridine rings is 1. The van der Waals surface area contributed by atoms with E-state index in [2.05, 4.69) is 15.0 Å². The number of halogens is 7. The molecular weight excluding hydrogens is 551 g/mol. The second-order valence-corrected chi connectivity index (χ2v) is 8.33. The van der Waals surface area contributed by atoms with Crippen LogP contribution in [-0.4, -0.2) is 80.9 Å². The SMILES string of the molecule is Cc1noc(C)c1CN1C[C@@H](Oc2ncccc2F)[C@H]2OCCC[C@H]21.O=C(O)C(F)(F)F.O=C(O)C(F)(F)F. The highest BCUT2D eigenvalue weighted by Crippen LogP contribution is 2.33. The van der Waals surface area contributed by atoms with Crippen molar-refractivity contribution in [1.82, 2.24) is 15.0 Å². The van der Waals surface area contributed by atoms with E-state index in [9.17, 15) is 30.7 Å². The fourth-order valence-electron chi connectivity index (χ4n) is 3.82. The number of carbonyl (C=O) groups is 2. The average molecular weight is 575 g/mol. The molecule has 0 bridgehead atoms. The van der Waals surface area contributed by atoms with E-state index in [4.69, 9.17) is 33.8 Å². The molecule has 2 fully saturated rings. The Balaban J connectivity index is 0.000000317. The van der Waals surface area contributed by atoms with Gasteiger partial charge in [0.1, 0.15) is 18.0 Å². The summed E-state index contributed by atoms with van der Waals surface area (Å²) < 4.78 is 94.5. The van der Waals surface area contributed by atoms with E-state index in [1.165, 1.54) is 12.3 Å². The highest BCUT2D eigenvalue weighted by atomic mass is 19.4. The summed E-state index contributed by atoms with van der Waals surface area (Å²) in [6.07, 6.45) is -6.89. The first kappa shape index (κ1) is 31.7. The van der Waals surface area contributed by atoms with Crippen molar-refractivity contribution < 1.29 is 64.5 Å². The van der Waals surface area contributed by atoms with Gasteiger partial charge in [0, 0.05) is 37.5 Å². The molecular formula is C22H24F7N3O7. The van der Waals surface area contributed by atoms with Crippen molar-refractivity contribution in [3.8, 4) is 5.88 Å². The van der Waals surface area contributed by atoms with Crippen LogP contribution in [0, 0.1) is 19.7 Å². The summed E-state index contributed by atoms with van der Waals surface area (Å²) in [5.74, 6) is -5.08. The standard InChI is InChI=1S/C18H22FN3O3.2C2HF3O2/c1-11-13(12(2)25-21-11)9-22-10-16(17-15(22)6-4-8-23-17)24-18-14(19)5-3-7-20-18;2*3-2(4,5)1(6)7/h3,5,7,15-17H,4,6,8-10H2,1-2H3;2*(H,6,7)/t15-,16-,17+;;/m1../s1. The summed E-state index contributed by atoms with van der Waals surface area (Å²) in [6, 6.07) is 3.16. The molecule has 0 amide bonds. The minimum absolute atomic E-state index is 0.0413. The molecule has 0 unspecified atom stereocenters. The summed E-state index contributed by atoms with van der Waals surface area (Å²) in [6.45, 7) is 5.99. The van der Waals surface area contributed by atoms with Gasteiger partial charge in [0.2, 0.25) is 0 Å². The predicted octanol–water partition coefficient (Wildman–Crippen LogP) is 3.90. The van der Waals surface area contributed by atoms with Gasteiger partial charge in [-0.05, 0) is 38.8 Å². The minimum atomic E-state index is -5.08. The van der Waals surface area contributed by atoms with Crippen LogP contribution in [0.2, 0.25) is 0 Å². The van der Waals surface area contributed by atoms with E-state index in [1.54, 1.807) is 6.07 Å². The molecule has 0 aromatic carbocycles. The van der Waals surface area contributed by atoms with Gasteiger partial charge in [-0.2, -0.15) is 26.3 Å². The highest BCUT2D eigenvalue weighted by molar-refractivity contribution is 5.73. The number of ether oxygens (including phenoxy) is 2. The minimum Gasteiger partial charge on any atom is -0.475 e. The van der Waals surface area contributed by atoms with Crippen molar-refractivity contribution in [2.24, 2.45) is 0 Å². The molecule has 3 atom stereocenters. The number of hydrogen-bond donors (Lipinski definition) is 2. The molecule has 2 aromatic heterocycles. The van der Waals surface area contributed by atoms with Crippen molar-refractivity contribution >= 4 is 11.9 Å². The third kappa shape index (κ3) is 9.05. The molecule has 0 saturated carbocycles. The Hall–Kier alpha value is -3.47. The van der Waals surface area contributed by atoms with Crippen LogP contribution in [0.15, 0.2) is 22.9 Å². The van der Waals surface area contributed by atoms with Gasteiger partial charge in [-0.3, -0.25) is 4.90 Å². The largest absolute Gasteiger partial charge is 0.490 e. The topological polar surface area (TPSA) is 135 Å². The Morgan fingerprint density at radius 2 is 1.72 bits per heavy atom. The second-order valence-electron chi connectivity index (χ2n) is 8.33. The number of likely N-dealkylation sites (tertiary alicyclic amines) is 1. The molecule has 2 aliphatic rings. The van der Waals surface area contributed by atoms with Crippen LogP contribution in [0.1, 0.15) is 29.9 Å². The van der Waals surface area contributed by atoms with Gasteiger partial charge in [0.05, 0.1) is 5.69 Å². The first-order chi connectivity index (χ1) is 18.0. The molecule has 0 spiro atoms. The van der Waals surface area contributed by atoms with Gasteiger partial charge in [-0.25, -0.2) is 19.0 Å². The van der Waals surface area contributed by atoms with Crippen LogP contribution >= 0.6 is 0 Å². The molecule has 10 nitrogen and oxygen atoms in total. The van der Waals surface area contributed by atoms with E-state index in [0.717, 1.165) is 36.4 Å². The zero-order valence-corrected chi connectivity index (χ0v) is 20.4. The van der Waals surface area contributed by atoms with E-state index in [0.29, 0.717) is 13.2 Å². The molecule has 39 heavy (non-hydrogen) atoms. The number of carboxylic acid groups (broad SMARTS) is 2. The van der Waals surface area contributed by atoms with Crippen LogP contribution in [0.5, 0.6) is 5.88 Å². The number of rotatable bonds is 4. The Kier molecular flexibility index (Phi) is 10.6. The molecule has 4 rings (SSSR count). The summed E-state index contributed by atoms with van der Waals surface area (Å²) in [7, 11) is 0. The van der Waals surface area contributed by atoms with Gasteiger partial charge in [-0.15, -0.1) is 0 Å². The van der Waals surface area contributed by atoms with E-state index in [1.807, 2.05) is 13.8 Å². The quantitative estimate of drug-likeness (QED) is 0.517. The smallest absolute Gasteiger partial charge is 0.475 e. The van der Waals surface area contributed by atoms with Crippen LogP contribution < -0.4 is 4.74 Å². The van der Waals surface area contributed by atoms with Crippen molar-refractivity contribution in [3.05, 3.63) is 41.2 Å². The fourth-order valence-corrected chi connectivity index (χ4v) is 3.82. The predicted molar refractivity (Wildman–Crippen MR) is 115 cm³/mol. The van der Waals surface area contributed by atoms with E-state index >= 15 is 0 Å².